The van der Waals surface area contributed by atoms with Crippen LogP contribution in [0.2, 0.25) is 0 Å². The van der Waals surface area contributed by atoms with Crippen molar-refractivity contribution in [2.75, 3.05) is 0 Å². The Morgan fingerprint density at radius 1 is 1.07 bits per heavy atom. The number of hydrogen-bond donors (Lipinski definition) is 1. The molecule has 4 heteroatoms. The third-order valence-corrected chi connectivity index (χ3v) is 6.25. The number of carbonyl (C=O) groups is 1. The molecule has 2 aromatic rings. The molecular weight excluding hydrogens is 368 g/mol. The summed E-state index contributed by atoms with van der Waals surface area (Å²) in [5.74, 6) is 0.943. The van der Waals surface area contributed by atoms with Crippen LogP contribution in [0.3, 0.4) is 0 Å². The third kappa shape index (κ3) is 4.99. The second kappa shape index (κ2) is 9.33. The van der Waals surface area contributed by atoms with Crippen LogP contribution in [0.1, 0.15) is 50.7 Å². The van der Waals surface area contributed by atoms with Crippen LogP contribution in [-0.4, -0.2) is 11.1 Å². The molecule has 0 fully saturated rings. The highest BCUT2D eigenvalue weighted by Gasteiger charge is 2.43. The number of rotatable bonds is 8. The number of aliphatic hydroxyl groups is 1. The number of benzene rings is 2. The standard InChI is InChI=1S/C24H28O3S/c1-18(2)10-9-15-24(20-13-7-4-8-14-20)16-21(25)22(23(26)27-24)28-17-19-11-5-3-6-12-19/h3-8,11-14,18,25H,9-10,15-17H2,1-2H3. The first-order valence-corrected chi connectivity index (χ1v) is 10.9. The molecule has 0 radical (unpaired) electrons. The van der Waals surface area contributed by atoms with Crippen molar-refractivity contribution in [2.24, 2.45) is 5.92 Å². The average molecular weight is 397 g/mol. The molecule has 0 aliphatic carbocycles. The van der Waals surface area contributed by atoms with Crippen molar-refractivity contribution >= 4 is 17.7 Å². The van der Waals surface area contributed by atoms with E-state index in [-0.39, 0.29) is 5.76 Å². The van der Waals surface area contributed by atoms with E-state index in [4.69, 9.17) is 4.74 Å². The summed E-state index contributed by atoms with van der Waals surface area (Å²) in [4.78, 5) is 13.2. The van der Waals surface area contributed by atoms with Gasteiger partial charge in [-0.1, -0.05) is 80.9 Å². The Morgan fingerprint density at radius 3 is 2.32 bits per heavy atom. The molecule has 0 amide bonds. The van der Waals surface area contributed by atoms with Crippen molar-refractivity contribution in [3.63, 3.8) is 0 Å². The molecule has 1 unspecified atom stereocenters. The van der Waals surface area contributed by atoms with E-state index in [0.29, 0.717) is 29.4 Å². The van der Waals surface area contributed by atoms with Gasteiger partial charge in [0.25, 0.3) is 0 Å². The van der Waals surface area contributed by atoms with Gasteiger partial charge in [0.05, 0.1) is 6.42 Å². The number of hydrogen-bond acceptors (Lipinski definition) is 4. The van der Waals surface area contributed by atoms with E-state index < -0.39 is 11.6 Å². The van der Waals surface area contributed by atoms with Gasteiger partial charge in [0.15, 0.2) is 0 Å². The predicted octanol–water partition coefficient (Wildman–Crippen LogP) is 6.36. The van der Waals surface area contributed by atoms with Gasteiger partial charge in [0.1, 0.15) is 16.3 Å². The van der Waals surface area contributed by atoms with Gasteiger partial charge >= 0.3 is 5.97 Å². The van der Waals surface area contributed by atoms with Gasteiger partial charge < -0.3 is 9.84 Å². The summed E-state index contributed by atoms with van der Waals surface area (Å²) in [6, 6.07) is 19.8. The number of cyclic esters (lactones) is 1. The van der Waals surface area contributed by atoms with Crippen LogP contribution in [0, 0.1) is 5.92 Å². The molecule has 0 saturated carbocycles. The lowest BCUT2D eigenvalue weighted by atomic mass is 9.82. The lowest BCUT2D eigenvalue weighted by Gasteiger charge is -2.37. The summed E-state index contributed by atoms with van der Waals surface area (Å²) < 4.78 is 6.04. The molecule has 0 saturated heterocycles. The SMILES string of the molecule is CC(C)CCCC1(c2ccccc2)CC(O)=C(SCc2ccccc2)C(=O)O1. The quantitative estimate of drug-likeness (QED) is 0.528. The summed E-state index contributed by atoms with van der Waals surface area (Å²) in [7, 11) is 0. The fraction of sp³-hybridized carbons (Fsp3) is 0.375. The van der Waals surface area contributed by atoms with Gasteiger partial charge in [-0.25, -0.2) is 4.79 Å². The predicted molar refractivity (Wildman–Crippen MR) is 115 cm³/mol. The van der Waals surface area contributed by atoms with Crippen LogP contribution < -0.4 is 0 Å². The van der Waals surface area contributed by atoms with E-state index in [2.05, 4.69) is 13.8 Å². The lowest BCUT2D eigenvalue weighted by Crippen LogP contribution is -2.37. The van der Waals surface area contributed by atoms with E-state index in [1.807, 2.05) is 60.7 Å². The van der Waals surface area contributed by atoms with Crippen molar-refractivity contribution in [3.8, 4) is 0 Å². The van der Waals surface area contributed by atoms with Gasteiger partial charge in [-0.3, -0.25) is 0 Å². The van der Waals surface area contributed by atoms with Crippen LogP contribution >= 0.6 is 11.8 Å². The van der Waals surface area contributed by atoms with E-state index in [9.17, 15) is 9.90 Å². The molecule has 1 aliphatic rings. The molecule has 2 aromatic carbocycles. The third-order valence-electron chi connectivity index (χ3n) is 5.08. The summed E-state index contributed by atoms with van der Waals surface area (Å²) in [5.41, 5.74) is 1.27. The molecule has 3 rings (SSSR count). The van der Waals surface area contributed by atoms with Crippen LogP contribution in [0.25, 0.3) is 0 Å². The zero-order valence-electron chi connectivity index (χ0n) is 16.6. The maximum Gasteiger partial charge on any atom is 0.348 e. The molecule has 1 aliphatic heterocycles. The normalized spacial score (nSPS) is 19.8. The highest BCUT2D eigenvalue weighted by atomic mass is 32.2. The average Bonchev–Trinajstić information content (AvgIpc) is 2.68. The second-order valence-electron chi connectivity index (χ2n) is 7.76. The minimum Gasteiger partial charge on any atom is -0.511 e. The van der Waals surface area contributed by atoms with Gasteiger partial charge in [0.2, 0.25) is 0 Å². The maximum atomic E-state index is 12.9. The van der Waals surface area contributed by atoms with Crippen molar-refractivity contribution < 1.29 is 14.6 Å². The number of ether oxygens (including phenoxy) is 1. The van der Waals surface area contributed by atoms with Crippen LogP contribution in [0.4, 0.5) is 0 Å². The Kier molecular flexibility index (Phi) is 6.84. The van der Waals surface area contributed by atoms with E-state index in [1.165, 1.54) is 11.8 Å². The molecule has 3 nitrogen and oxygen atoms in total. The first-order chi connectivity index (χ1) is 13.5. The lowest BCUT2D eigenvalue weighted by molar-refractivity contribution is -0.160. The molecule has 1 N–H and O–H groups in total. The smallest absolute Gasteiger partial charge is 0.348 e. The molecule has 1 atom stereocenters. The van der Waals surface area contributed by atoms with Gasteiger partial charge in [-0.15, -0.1) is 11.8 Å². The van der Waals surface area contributed by atoms with Crippen molar-refractivity contribution in [1.29, 1.82) is 0 Å². The van der Waals surface area contributed by atoms with Crippen LogP contribution in [-0.2, 0) is 20.9 Å². The van der Waals surface area contributed by atoms with Crippen molar-refractivity contribution in [3.05, 3.63) is 82.5 Å². The Bertz CT molecular complexity index is 814. The Hall–Kier alpha value is -2.20. The first-order valence-electron chi connectivity index (χ1n) is 9.88. The number of carbonyl (C=O) groups excluding carboxylic acids is 1. The molecule has 0 spiro atoms. The number of aliphatic hydroxyl groups excluding tert-OH is 1. The largest absolute Gasteiger partial charge is 0.511 e. The van der Waals surface area contributed by atoms with E-state index >= 15 is 0 Å². The highest BCUT2D eigenvalue weighted by Crippen LogP contribution is 2.44. The van der Waals surface area contributed by atoms with Crippen molar-refractivity contribution in [1.82, 2.24) is 0 Å². The van der Waals surface area contributed by atoms with Gasteiger partial charge in [0, 0.05) is 5.75 Å². The summed E-state index contributed by atoms with van der Waals surface area (Å²) in [5, 5.41) is 10.8. The maximum absolute atomic E-state index is 12.9. The number of thioether (sulfide) groups is 1. The molecule has 148 valence electrons. The molecule has 0 aromatic heterocycles. The van der Waals surface area contributed by atoms with E-state index in [0.717, 1.165) is 24.0 Å². The van der Waals surface area contributed by atoms with Crippen LogP contribution in [0.5, 0.6) is 0 Å². The topological polar surface area (TPSA) is 46.5 Å². The molecular formula is C24H28O3S. The Morgan fingerprint density at radius 2 is 1.71 bits per heavy atom. The molecule has 28 heavy (non-hydrogen) atoms. The summed E-state index contributed by atoms with van der Waals surface area (Å²) in [6.07, 6.45) is 3.05. The molecule has 1 heterocycles. The van der Waals surface area contributed by atoms with Crippen molar-refractivity contribution in [2.45, 2.75) is 50.9 Å². The second-order valence-corrected chi connectivity index (χ2v) is 8.75. The van der Waals surface area contributed by atoms with E-state index in [1.54, 1.807) is 0 Å². The Balaban J connectivity index is 1.81. The Labute approximate surface area is 171 Å². The fourth-order valence-corrected chi connectivity index (χ4v) is 4.48. The molecule has 0 bridgehead atoms. The number of esters is 1. The van der Waals surface area contributed by atoms with Crippen LogP contribution in [0.15, 0.2) is 71.3 Å². The zero-order chi connectivity index (χ0) is 20.0. The fourth-order valence-electron chi connectivity index (χ4n) is 3.58. The zero-order valence-corrected chi connectivity index (χ0v) is 17.4. The van der Waals surface area contributed by atoms with Gasteiger partial charge in [-0.05, 0) is 29.9 Å². The monoisotopic (exact) mass is 396 g/mol. The highest BCUT2D eigenvalue weighted by molar-refractivity contribution is 8.03. The van der Waals surface area contributed by atoms with Gasteiger partial charge in [-0.2, -0.15) is 0 Å². The minimum atomic E-state index is -0.784. The summed E-state index contributed by atoms with van der Waals surface area (Å²) in [6.45, 7) is 4.38. The summed E-state index contributed by atoms with van der Waals surface area (Å²) >= 11 is 1.35. The minimum absolute atomic E-state index is 0.144. The first kappa shape index (κ1) is 20.5.